The molecule has 1 atom stereocenters. The number of rotatable bonds is 8. The van der Waals surface area contributed by atoms with Crippen molar-refractivity contribution in [2.75, 3.05) is 7.11 Å². The highest BCUT2D eigenvalue weighted by molar-refractivity contribution is 5.95. The number of esters is 1. The van der Waals surface area contributed by atoms with Gasteiger partial charge in [0.05, 0.1) is 18.7 Å². The van der Waals surface area contributed by atoms with Gasteiger partial charge in [-0.15, -0.1) is 0 Å². The Kier molecular flexibility index (Phi) is 7.30. The summed E-state index contributed by atoms with van der Waals surface area (Å²) in [4.78, 5) is 25.5. The van der Waals surface area contributed by atoms with Gasteiger partial charge in [0.1, 0.15) is 19.0 Å². The van der Waals surface area contributed by atoms with E-state index in [1.54, 1.807) is 37.3 Å². The first-order valence-electron chi connectivity index (χ1n) is 11.0. The Bertz CT molecular complexity index is 1240. The van der Waals surface area contributed by atoms with E-state index in [-0.39, 0.29) is 24.6 Å². The molecule has 0 aromatic heterocycles. The summed E-state index contributed by atoms with van der Waals surface area (Å²) in [5, 5.41) is 5.44. The summed E-state index contributed by atoms with van der Waals surface area (Å²) < 4.78 is 30.4. The van der Waals surface area contributed by atoms with Crippen molar-refractivity contribution in [1.29, 1.82) is 0 Å². The Morgan fingerprint density at radius 3 is 2.37 bits per heavy atom. The fourth-order valence-corrected chi connectivity index (χ4v) is 3.81. The van der Waals surface area contributed by atoms with Crippen LogP contribution in [0.5, 0.6) is 11.5 Å². The Morgan fingerprint density at radius 2 is 1.66 bits per heavy atom. The third-order valence-electron chi connectivity index (χ3n) is 5.54. The lowest BCUT2D eigenvalue weighted by Crippen LogP contribution is -2.45. The molecule has 4 rings (SSSR count). The number of hydrogen-bond acceptors (Lipinski definition) is 5. The van der Waals surface area contributed by atoms with Gasteiger partial charge in [-0.05, 0) is 36.2 Å². The van der Waals surface area contributed by atoms with Crippen LogP contribution in [0.1, 0.15) is 29.7 Å². The zero-order valence-electron chi connectivity index (χ0n) is 19.3. The average Bonchev–Trinajstić information content (AvgIpc) is 2.87. The maximum atomic E-state index is 13.3. The number of carbonyl (C=O) groups excluding carboxylic acids is 2. The summed E-state index contributed by atoms with van der Waals surface area (Å²) in [5.41, 5.74) is 2.73. The molecule has 8 heteroatoms. The van der Waals surface area contributed by atoms with Crippen LogP contribution in [0.3, 0.4) is 0 Å². The summed E-state index contributed by atoms with van der Waals surface area (Å²) in [7, 11) is 1.50. The van der Waals surface area contributed by atoms with Gasteiger partial charge in [-0.3, -0.25) is 0 Å². The minimum atomic E-state index is -0.842. The number of methoxy groups -OCH3 is 1. The Balaban J connectivity index is 1.65. The molecule has 0 fully saturated rings. The molecular weight excluding hydrogens is 451 g/mol. The number of hydrogen-bond donors (Lipinski definition) is 2. The molecular formula is C27H25FN2O5. The fourth-order valence-electron chi connectivity index (χ4n) is 3.81. The summed E-state index contributed by atoms with van der Waals surface area (Å²) in [6, 6.07) is 19.2. The van der Waals surface area contributed by atoms with E-state index in [0.29, 0.717) is 22.8 Å². The smallest absolute Gasteiger partial charge is 0.338 e. The van der Waals surface area contributed by atoms with Crippen molar-refractivity contribution in [1.82, 2.24) is 10.6 Å². The molecule has 3 aromatic carbocycles. The molecule has 7 nitrogen and oxygen atoms in total. The topological polar surface area (TPSA) is 85.9 Å². The van der Waals surface area contributed by atoms with Crippen LogP contribution in [0.15, 0.2) is 84.1 Å². The molecule has 0 spiro atoms. The minimum Gasteiger partial charge on any atom is -0.493 e. The number of ether oxygens (including phenoxy) is 3. The van der Waals surface area contributed by atoms with Crippen LogP contribution in [0.2, 0.25) is 0 Å². The number of allylic oxidation sites excluding steroid dienone is 1. The van der Waals surface area contributed by atoms with Gasteiger partial charge in [0.15, 0.2) is 11.5 Å². The van der Waals surface area contributed by atoms with Crippen molar-refractivity contribution in [3.05, 3.63) is 107 Å². The minimum absolute atomic E-state index is 0.0865. The zero-order valence-corrected chi connectivity index (χ0v) is 19.3. The van der Waals surface area contributed by atoms with Crippen LogP contribution in [-0.2, 0) is 22.7 Å². The van der Waals surface area contributed by atoms with Crippen LogP contribution >= 0.6 is 0 Å². The molecule has 1 aliphatic heterocycles. The van der Waals surface area contributed by atoms with Crippen molar-refractivity contribution in [3.63, 3.8) is 0 Å². The highest BCUT2D eigenvalue weighted by Crippen LogP contribution is 2.39. The first-order valence-corrected chi connectivity index (χ1v) is 11.0. The van der Waals surface area contributed by atoms with Gasteiger partial charge in [0, 0.05) is 11.3 Å². The molecule has 35 heavy (non-hydrogen) atoms. The molecule has 1 heterocycles. The van der Waals surface area contributed by atoms with Gasteiger partial charge in [0.25, 0.3) is 0 Å². The van der Waals surface area contributed by atoms with Crippen LogP contribution < -0.4 is 20.1 Å². The lowest BCUT2D eigenvalue weighted by atomic mass is 9.94. The van der Waals surface area contributed by atoms with Crippen LogP contribution in [0.4, 0.5) is 9.18 Å². The lowest BCUT2D eigenvalue weighted by molar-refractivity contribution is -0.140. The van der Waals surface area contributed by atoms with Crippen molar-refractivity contribution in [2.45, 2.75) is 26.2 Å². The van der Waals surface area contributed by atoms with Crippen LogP contribution in [-0.4, -0.2) is 19.1 Å². The maximum absolute atomic E-state index is 13.3. The summed E-state index contributed by atoms with van der Waals surface area (Å²) in [6.07, 6.45) is 0. The number of para-hydroxylation sites is 1. The summed E-state index contributed by atoms with van der Waals surface area (Å²) in [5.74, 6) is -0.140. The summed E-state index contributed by atoms with van der Waals surface area (Å²) >= 11 is 0. The first kappa shape index (κ1) is 23.8. The third kappa shape index (κ3) is 5.60. The molecule has 0 bridgehead atoms. The van der Waals surface area contributed by atoms with E-state index in [1.807, 2.05) is 30.3 Å². The van der Waals surface area contributed by atoms with Gasteiger partial charge < -0.3 is 24.8 Å². The molecule has 0 aliphatic carbocycles. The molecule has 3 aromatic rings. The average molecular weight is 477 g/mol. The number of urea groups is 1. The first-order chi connectivity index (χ1) is 17.0. The van der Waals surface area contributed by atoms with Crippen molar-refractivity contribution in [2.24, 2.45) is 0 Å². The second-order valence-corrected chi connectivity index (χ2v) is 7.93. The zero-order chi connectivity index (χ0) is 24.8. The van der Waals surface area contributed by atoms with Crippen LogP contribution in [0.25, 0.3) is 0 Å². The predicted molar refractivity (Wildman–Crippen MR) is 127 cm³/mol. The van der Waals surface area contributed by atoms with E-state index >= 15 is 0 Å². The second kappa shape index (κ2) is 10.7. The molecule has 2 amide bonds. The lowest BCUT2D eigenvalue weighted by Gasteiger charge is -2.29. The van der Waals surface area contributed by atoms with Gasteiger partial charge in [-0.1, -0.05) is 54.6 Å². The number of halogens is 1. The van der Waals surface area contributed by atoms with Crippen molar-refractivity contribution < 1.29 is 28.2 Å². The highest BCUT2D eigenvalue weighted by atomic mass is 19.1. The highest BCUT2D eigenvalue weighted by Gasteiger charge is 2.35. The van der Waals surface area contributed by atoms with Gasteiger partial charge in [-0.2, -0.15) is 0 Å². The van der Waals surface area contributed by atoms with E-state index in [2.05, 4.69) is 10.6 Å². The molecule has 0 saturated carbocycles. The van der Waals surface area contributed by atoms with Gasteiger partial charge >= 0.3 is 12.0 Å². The molecule has 0 radical (unpaired) electrons. The summed E-state index contributed by atoms with van der Waals surface area (Å²) in [6.45, 7) is 1.86. The van der Waals surface area contributed by atoms with Gasteiger partial charge in [-0.25, -0.2) is 14.0 Å². The number of nitrogens with one attached hydrogen (secondary N) is 2. The Labute approximate surface area is 202 Å². The fraction of sp³-hybridized carbons (Fsp3) is 0.185. The molecule has 2 N–H and O–H groups in total. The largest absolute Gasteiger partial charge is 0.493 e. The third-order valence-corrected chi connectivity index (χ3v) is 5.54. The second-order valence-electron chi connectivity index (χ2n) is 7.93. The van der Waals surface area contributed by atoms with E-state index in [4.69, 9.17) is 14.2 Å². The number of benzene rings is 3. The monoisotopic (exact) mass is 476 g/mol. The molecule has 180 valence electrons. The molecule has 1 aliphatic rings. The van der Waals surface area contributed by atoms with Gasteiger partial charge in [0.2, 0.25) is 0 Å². The Hall–Kier alpha value is -4.33. The number of amides is 2. The van der Waals surface area contributed by atoms with Crippen LogP contribution in [0, 0.1) is 5.82 Å². The number of carbonyl (C=O) groups is 2. The standard InChI is InChI=1S/C27H25FN2O5/c1-17-23(26(31)35-16-18-7-4-3-5-8-18)24(30-27(32)29-17)21-9-6-10-22(33-2)25(21)34-15-19-11-13-20(28)14-12-19/h3-14,24H,15-16H2,1-2H3,(H2,29,30,32). The molecule has 1 unspecified atom stereocenters. The van der Waals surface area contributed by atoms with E-state index in [0.717, 1.165) is 11.1 Å². The van der Waals surface area contributed by atoms with E-state index in [9.17, 15) is 14.0 Å². The predicted octanol–water partition coefficient (Wildman–Crippen LogP) is 4.78. The normalized spacial score (nSPS) is 15.2. The van der Waals surface area contributed by atoms with Crippen molar-refractivity contribution >= 4 is 12.0 Å². The van der Waals surface area contributed by atoms with E-state index in [1.165, 1.54) is 19.2 Å². The Morgan fingerprint density at radius 1 is 0.943 bits per heavy atom. The quantitative estimate of drug-likeness (QED) is 0.457. The maximum Gasteiger partial charge on any atom is 0.338 e. The molecule has 0 saturated heterocycles. The SMILES string of the molecule is COc1cccc(C2NC(=O)NC(C)=C2C(=O)OCc2ccccc2)c1OCc1ccc(F)cc1. The van der Waals surface area contributed by atoms with Crippen molar-refractivity contribution in [3.8, 4) is 11.5 Å². The van der Waals surface area contributed by atoms with E-state index < -0.39 is 18.0 Å².